The predicted molar refractivity (Wildman–Crippen MR) is 62.2 cm³/mol. The molecule has 0 spiro atoms. The zero-order valence-corrected chi connectivity index (χ0v) is 9.51. The Kier molecular flexibility index (Phi) is 3.16. The van der Waals surface area contributed by atoms with E-state index in [4.69, 9.17) is 0 Å². The summed E-state index contributed by atoms with van der Waals surface area (Å²) in [5.41, 5.74) is 2.56. The Bertz CT molecular complexity index is 380. The maximum absolute atomic E-state index is 11.2. The summed E-state index contributed by atoms with van der Waals surface area (Å²) in [5, 5.41) is 3.94. The largest absolute Gasteiger partial charge is 0.273 e. The lowest BCUT2D eigenvalue weighted by Gasteiger charge is -1.93. The third kappa shape index (κ3) is 2.89. The molecule has 1 aromatic rings. The normalized spacial score (nSPS) is 15.8. The van der Waals surface area contributed by atoms with Crippen LogP contribution in [0.2, 0.25) is 0 Å². The third-order valence-electron chi connectivity index (χ3n) is 2.35. The molecule has 1 fully saturated rings. The van der Waals surface area contributed by atoms with Crippen LogP contribution in [0.25, 0.3) is 0 Å². The van der Waals surface area contributed by atoms with Gasteiger partial charge in [0.25, 0.3) is 0 Å². The van der Waals surface area contributed by atoms with Gasteiger partial charge in [-0.2, -0.15) is 5.10 Å². The molecule has 1 N–H and O–H groups in total. The van der Waals surface area contributed by atoms with E-state index < -0.39 is 0 Å². The molecule has 1 amide bonds. The molecule has 0 radical (unpaired) electrons. The van der Waals surface area contributed by atoms with Gasteiger partial charge in [0.15, 0.2) is 0 Å². The number of hydrogen-bond donors (Lipinski definition) is 1. The van der Waals surface area contributed by atoms with Crippen molar-refractivity contribution in [2.75, 3.05) is 0 Å². The minimum Gasteiger partial charge on any atom is -0.273 e. The highest BCUT2D eigenvalue weighted by Crippen LogP contribution is 2.28. The zero-order chi connectivity index (χ0) is 10.7. The maximum atomic E-state index is 11.2. The summed E-state index contributed by atoms with van der Waals surface area (Å²) in [5.74, 6) is 0.273. The number of carbonyl (C=O) groups is 1. The minimum atomic E-state index is 0.0542. The summed E-state index contributed by atoms with van der Waals surface area (Å²) < 4.78 is 0. The number of thiophene rings is 1. The summed E-state index contributed by atoms with van der Waals surface area (Å²) in [6.45, 7) is 2.13. The highest BCUT2D eigenvalue weighted by molar-refractivity contribution is 7.13. The number of nitrogens with one attached hydrogen (secondary N) is 1. The molecule has 1 aliphatic carbocycles. The highest BCUT2D eigenvalue weighted by atomic mass is 32.1. The van der Waals surface area contributed by atoms with Crippen LogP contribution in [0.4, 0.5) is 0 Å². The van der Waals surface area contributed by atoms with E-state index in [0.717, 1.165) is 24.1 Å². The van der Waals surface area contributed by atoms with Gasteiger partial charge in [0.1, 0.15) is 0 Å². The fourth-order valence-corrected chi connectivity index (χ4v) is 2.07. The van der Waals surface area contributed by atoms with E-state index in [9.17, 15) is 4.79 Å². The Labute approximate surface area is 93.2 Å². The Morgan fingerprint density at radius 1 is 1.67 bits per heavy atom. The van der Waals surface area contributed by atoms with Crippen molar-refractivity contribution in [2.45, 2.75) is 26.2 Å². The predicted octanol–water partition coefficient (Wildman–Crippen LogP) is 2.17. The maximum Gasteiger partial charge on any atom is 0.243 e. The molecule has 0 saturated heterocycles. The first-order chi connectivity index (χ1) is 7.29. The van der Waals surface area contributed by atoms with Gasteiger partial charge in [0.2, 0.25) is 5.91 Å². The van der Waals surface area contributed by atoms with Gasteiger partial charge in [-0.25, -0.2) is 5.43 Å². The van der Waals surface area contributed by atoms with Gasteiger partial charge in [0, 0.05) is 15.7 Å². The second-order valence-corrected chi connectivity index (χ2v) is 4.87. The van der Waals surface area contributed by atoms with E-state index in [-0.39, 0.29) is 11.8 Å². The number of amides is 1. The van der Waals surface area contributed by atoms with Crippen molar-refractivity contribution >= 4 is 23.5 Å². The number of carbonyl (C=O) groups excluding carboxylic acids is 1. The molecule has 1 saturated carbocycles. The van der Waals surface area contributed by atoms with Gasteiger partial charge in [-0.3, -0.25) is 4.79 Å². The summed E-state index contributed by atoms with van der Waals surface area (Å²) in [4.78, 5) is 13.7. The van der Waals surface area contributed by atoms with Gasteiger partial charge in [-0.15, -0.1) is 11.3 Å². The van der Waals surface area contributed by atoms with E-state index in [1.54, 1.807) is 17.6 Å². The van der Waals surface area contributed by atoms with Crippen molar-refractivity contribution < 1.29 is 4.79 Å². The van der Waals surface area contributed by atoms with E-state index in [1.165, 1.54) is 4.88 Å². The van der Waals surface area contributed by atoms with E-state index in [1.807, 2.05) is 6.07 Å². The number of aryl methyl sites for hydroxylation is 1. The van der Waals surface area contributed by atoms with Gasteiger partial charge >= 0.3 is 0 Å². The van der Waals surface area contributed by atoms with E-state index in [2.05, 4.69) is 23.5 Å². The van der Waals surface area contributed by atoms with Crippen molar-refractivity contribution in [2.24, 2.45) is 11.0 Å². The Morgan fingerprint density at radius 2 is 2.47 bits per heavy atom. The molecule has 15 heavy (non-hydrogen) atoms. The number of rotatable bonds is 4. The highest BCUT2D eigenvalue weighted by Gasteiger charge is 2.29. The monoisotopic (exact) mass is 222 g/mol. The molecule has 1 heterocycles. The van der Waals surface area contributed by atoms with Crippen LogP contribution in [0.1, 0.15) is 29.5 Å². The lowest BCUT2D eigenvalue weighted by Crippen LogP contribution is -2.18. The van der Waals surface area contributed by atoms with Gasteiger partial charge < -0.3 is 0 Å². The van der Waals surface area contributed by atoms with Crippen molar-refractivity contribution in [3.8, 4) is 0 Å². The topological polar surface area (TPSA) is 41.5 Å². The van der Waals surface area contributed by atoms with Crippen molar-refractivity contribution in [1.29, 1.82) is 0 Å². The lowest BCUT2D eigenvalue weighted by molar-refractivity contribution is -0.122. The zero-order valence-electron chi connectivity index (χ0n) is 8.69. The molecule has 0 aliphatic heterocycles. The fraction of sp³-hybridized carbons (Fsp3) is 0.455. The van der Waals surface area contributed by atoms with E-state index >= 15 is 0 Å². The van der Waals surface area contributed by atoms with Crippen LogP contribution >= 0.6 is 11.3 Å². The number of nitrogens with zero attached hydrogens (tertiary/aromatic N) is 1. The molecule has 0 unspecified atom stereocenters. The summed E-state index contributed by atoms with van der Waals surface area (Å²) in [6, 6.07) is 4.12. The Hall–Kier alpha value is -1.16. The second-order valence-electron chi connectivity index (χ2n) is 3.67. The average molecular weight is 222 g/mol. The summed E-state index contributed by atoms with van der Waals surface area (Å²) in [7, 11) is 0. The molecule has 3 nitrogen and oxygen atoms in total. The molecule has 0 atom stereocenters. The lowest BCUT2D eigenvalue weighted by atomic mass is 10.4. The van der Waals surface area contributed by atoms with Gasteiger partial charge in [0.05, 0.1) is 6.21 Å². The van der Waals surface area contributed by atoms with Crippen LogP contribution < -0.4 is 5.43 Å². The molecule has 80 valence electrons. The second kappa shape index (κ2) is 4.57. The molecule has 0 bridgehead atoms. The molecule has 0 aromatic carbocycles. The van der Waals surface area contributed by atoms with Gasteiger partial charge in [-0.1, -0.05) is 6.92 Å². The van der Waals surface area contributed by atoms with Crippen LogP contribution in [0.3, 0.4) is 0 Å². The smallest absolute Gasteiger partial charge is 0.243 e. The van der Waals surface area contributed by atoms with Crippen LogP contribution in [-0.2, 0) is 11.2 Å². The van der Waals surface area contributed by atoms with Crippen LogP contribution in [0, 0.1) is 5.92 Å². The van der Waals surface area contributed by atoms with Gasteiger partial charge in [-0.05, 0) is 31.4 Å². The summed E-state index contributed by atoms with van der Waals surface area (Å²) in [6.07, 6.45) is 4.79. The first-order valence-corrected chi connectivity index (χ1v) is 6.03. The molecule has 4 heteroatoms. The molecular weight excluding hydrogens is 208 g/mol. The third-order valence-corrected chi connectivity index (χ3v) is 3.51. The molecule has 2 rings (SSSR count). The van der Waals surface area contributed by atoms with Crippen molar-refractivity contribution in [1.82, 2.24) is 5.43 Å². The first-order valence-electron chi connectivity index (χ1n) is 5.21. The summed E-state index contributed by atoms with van der Waals surface area (Å²) >= 11 is 1.71. The van der Waals surface area contributed by atoms with Crippen LogP contribution in [0.5, 0.6) is 0 Å². The average Bonchev–Trinajstić information content (AvgIpc) is 2.99. The first kappa shape index (κ1) is 10.4. The van der Waals surface area contributed by atoms with E-state index in [0.29, 0.717) is 0 Å². The SMILES string of the molecule is CCc1ccc(C=NNC(=O)C2CC2)s1. The Balaban J connectivity index is 1.84. The minimum absolute atomic E-state index is 0.0542. The fourth-order valence-electron chi connectivity index (χ4n) is 1.25. The molecule has 1 aromatic heterocycles. The van der Waals surface area contributed by atoms with Crippen LogP contribution in [0.15, 0.2) is 17.2 Å². The number of hydrazone groups is 1. The Morgan fingerprint density at radius 3 is 3.07 bits per heavy atom. The molecule has 1 aliphatic rings. The molecular formula is C11H14N2OS. The van der Waals surface area contributed by atoms with Crippen molar-refractivity contribution in [3.63, 3.8) is 0 Å². The standard InChI is InChI=1S/C11H14N2OS/c1-2-9-5-6-10(15-9)7-12-13-11(14)8-3-4-8/h5-8H,2-4H2,1H3,(H,13,14). The van der Waals surface area contributed by atoms with Crippen LogP contribution in [-0.4, -0.2) is 12.1 Å². The quantitative estimate of drug-likeness (QED) is 0.615. The number of hydrogen-bond acceptors (Lipinski definition) is 3. The van der Waals surface area contributed by atoms with Crippen molar-refractivity contribution in [3.05, 3.63) is 21.9 Å².